The molecule has 0 spiro atoms. The van der Waals surface area contributed by atoms with Crippen molar-refractivity contribution in [2.75, 3.05) is 13.1 Å². The van der Waals surface area contributed by atoms with Gasteiger partial charge in [-0.2, -0.15) is 0 Å². The van der Waals surface area contributed by atoms with E-state index < -0.39 is 5.82 Å². The van der Waals surface area contributed by atoms with Gasteiger partial charge in [-0.05, 0) is 30.3 Å². The van der Waals surface area contributed by atoms with Crippen molar-refractivity contribution in [2.45, 2.75) is 6.10 Å². The normalized spacial score (nSPS) is 14.7. The summed E-state index contributed by atoms with van der Waals surface area (Å²) in [6.45, 7) is 0.910. The zero-order valence-corrected chi connectivity index (χ0v) is 12.6. The van der Waals surface area contributed by atoms with Crippen LogP contribution < -0.4 is 4.74 Å². The van der Waals surface area contributed by atoms with Gasteiger partial charge in [0.2, 0.25) is 0 Å². The number of amides is 1. The summed E-state index contributed by atoms with van der Waals surface area (Å²) in [6, 6.07) is 7.95. The number of nitrogens with zero attached hydrogens (tertiary/aromatic N) is 2. The van der Waals surface area contributed by atoms with Crippen molar-refractivity contribution in [3.8, 4) is 5.75 Å². The molecular weight excluding hydrogens is 339 g/mol. The molecule has 0 atom stereocenters. The minimum atomic E-state index is -0.520. The highest BCUT2D eigenvalue weighted by molar-refractivity contribution is 9.10. The Hall–Kier alpha value is -1.95. The van der Waals surface area contributed by atoms with Gasteiger partial charge in [0.05, 0.1) is 18.7 Å². The maximum absolute atomic E-state index is 13.7. The van der Waals surface area contributed by atoms with Crippen LogP contribution in [-0.2, 0) is 0 Å². The standard InChI is InChI=1S/C15H12BrFN2O2/c16-10-1-2-13(14(17)7-10)15(20)19-8-12(9-19)21-11-3-5-18-6-4-11/h1-7,12H,8-9H2. The summed E-state index contributed by atoms with van der Waals surface area (Å²) in [6.07, 6.45) is 3.23. The fourth-order valence-electron chi connectivity index (χ4n) is 2.12. The van der Waals surface area contributed by atoms with E-state index >= 15 is 0 Å². The van der Waals surface area contributed by atoms with Crippen LogP contribution in [0.3, 0.4) is 0 Å². The predicted molar refractivity (Wildman–Crippen MR) is 78.7 cm³/mol. The number of hydrogen-bond acceptors (Lipinski definition) is 3. The second-order valence-corrected chi connectivity index (χ2v) is 5.67. The third-order valence-corrected chi connectivity index (χ3v) is 3.74. The molecule has 1 aliphatic heterocycles. The monoisotopic (exact) mass is 350 g/mol. The number of halogens is 2. The summed E-state index contributed by atoms with van der Waals surface area (Å²) in [7, 11) is 0. The largest absolute Gasteiger partial charge is 0.487 e. The lowest BCUT2D eigenvalue weighted by Gasteiger charge is -2.39. The molecule has 1 aromatic carbocycles. The van der Waals surface area contributed by atoms with Gasteiger partial charge in [0.15, 0.2) is 0 Å². The molecule has 0 N–H and O–H groups in total. The number of pyridine rings is 1. The van der Waals surface area contributed by atoms with Gasteiger partial charge < -0.3 is 9.64 Å². The molecule has 1 aliphatic rings. The van der Waals surface area contributed by atoms with Crippen LogP contribution in [-0.4, -0.2) is 35.0 Å². The minimum absolute atomic E-state index is 0.0603. The molecule has 0 unspecified atom stereocenters. The van der Waals surface area contributed by atoms with Crippen LogP contribution in [0.25, 0.3) is 0 Å². The molecule has 0 bridgehead atoms. The zero-order valence-electron chi connectivity index (χ0n) is 11.0. The molecule has 0 saturated carbocycles. The lowest BCUT2D eigenvalue weighted by Crippen LogP contribution is -2.56. The van der Waals surface area contributed by atoms with Gasteiger partial charge in [0, 0.05) is 16.9 Å². The van der Waals surface area contributed by atoms with Gasteiger partial charge in [0.25, 0.3) is 5.91 Å². The molecular formula is C15H12BrFN2O2. The molecule has 3 rings (SSSR count). The molecule has 0 radical (unpaired) electrons. The van der Waals surface area contributed by atoms with Crippen LogP contribution in [0.1, 0.15) is 10.4 Å². The highest BCUT2D eigenvalue weighted by Gasteiger charge is 2.33. The molecule has 4 nitrogen and oxygen atoms in total. The van der Waals surface area contributed by atoms with Crippen LogP contribution >= 0.6 is 15.9 Å². The lowest BCUT2D eigenvalue weighted by atomic mass is 10.1. The van der Waals surface area contributed by atoms with Crippen molar-refractivity contribution in [1.29, 1.82) is 0 Å². The molecule has 6 heteroatoms. The first-order valence-electron chi connectivity index (χ1n) is 6.44. The smallest absolute Gasteiger partial charge is 0.257 e. The molecule has 0 aliphatic carbocycles. The van der Waals surface area contributed by atoms with Gasteiger partial charge in [0.1, 0.15) is 17.7 Å². The predicted octanol–water partition coefficient (Wildman–Crippen LogP) is 2.89. The van der Waals surface area contributed by atoms with Crippen molar-refractivity contribution in [3.63, 3.8) is 0 Å². The van der Waals surface area contributed by atoms with Crippen LogP contribution in [0, 0.1) is 5.82 Å². The highest BCUT2D eigenvalue weighted by Crippen LogP contribution is 2.22. The topological polar surface area (TPSA) is 42.4 Å². The van der Waals surface area contributed by atoms with E-state index in [-0.39, 0.29) is 17.6 Å². The molecule has 1 fully saturated rings. The van der Waals surface area contributed by atoms with Crippen molar-refractivity contribution in [2.24, 2.45) is 0 Å². The van der Waals surface area contributed by atoms with Crippen LogP contribution in [0.2, 0.25) is 0 Å². The van der Waals surface area contributed by atoms with Crippen LogP contribution in [0.4, 0.5) is 4.39 Å². The molecule has 1 saturated heterocycles. The first kappa shape index (κ1) is 14.0. The summed E-state index contributed by atoms with van der Waals surface area (Å²) in [4.78, 5) is 17.6. The Kier molecular flexibility index (Phi) is 3.88. The summed E-state index contributed by atoms with van der Waals surface area (Å²) in [5, 5.41) is 0. The number of benzene rings is 1. The van der Waals surface area contributed by atoms with E-state index in [0.29, 0.717) is 17.6 Å². The summed E-state index contributed by atoms with van der Waals surface area (Å²) in [5.74, 6) is -0.112. The number of hydrogen-bond donors (Lipinski definition) is 0. The number of carbonyl (C=O) groups excluding carboxylic acids is 1. The Balaban J connectivity index is 1.59. The van der Waals surface area contributed by atoms with E-state index in [1.54, 1.807) is 35.5 Å². The van der Waals surface area contributed by atoms with Crippen LogP contribution in [0.15, 0.2) is 47.2 Å². The van der Waals surface area contributed by atoms with Gasteiger partial charge in [-0.3, -0.25) is 9.78 Å². The van der Waals surface area contributed by atoms with Gasteiger partial charge in [-0.25, -0.2) is 4.39 Å². The second kappa shape index (κ2) is 5.81. The quantitative estimate of drug-likeness (QED) is 0.854. The van der Waals surface area contributed by atoms with E-state index in [4.69, 9.17) is 4.74 Å². The molecule has 1 amide bonds. The fourth-order valence-corrected chi connectivity index (χ4v) is 2.45. The molecule has 1 aromatic heterocycles. The Bertz CT molecular complexity index is 660. The minimum Gasteiger partial charge on any atom is -0.487 e. The summed E-state index contributed by atoms with van der Waals surface area (Å²) >= 11 is 3.17. The van der Waals surface area contributed by atoms with E-state index in [9.17, 15) is 9.18 Å². The molecule has 21 heavy (non-hydrogen) atoms. The van der Waals surface area contributed by atoms with Crippen molar-refractivity contribution < 1.29 is 13.9 Å². The summed E-state index contributed by atoms with van der Waals surface area (Å²) in [5.41, 5.74) is 0.0839. The van der Waals surface area contributed by atoms with E-state index in [2.05, 4.69) is 20.9 Å². The number of aromatic nitrogens is 1. The second-order valence-electron chi connectivity index (χ2n) is 4.76. The van der Waals surface area contributed by atoms with E-state index in [1.165, 1.54) is 12.1 Å². The van der Waals surface area contributed by atoms with Crippen molar-refractivity contribution in [1.82, 2.24) is 9.88 Å². The SMILES string of the molecule is O=C(c1ccc(Br)cc1F)N1CC(Oc2ccncc2)C1. The number of carbonyl (C=O) groups is 1. The van der Waals surface area contributed by atoms with Gasteiger partial charge in [-0.1, -0.05) is 15.9 Å². The average molecular weight is 351 g/mol. The molecule has 2 aromatic rings. The van der Waals surface area contributed by atoms with Gasteiger partial charge in [-0.15, -0.1) is 0 Å². The molecule has 2 heterocycles. The Morgan fingerprint density at radius 2 is 2.00 bits per heavy atom. The first-order valence-corrected chi connectivity index (χ1v) is 7.24. The maximum atomic E-state index is 13.7. The van der Waals surface area contributed by atoms with Crippen molar-refractivity contribution in [3.05, 3.63) is 58.6 Å². The highest BCUT2D eigenvalue weighted by atomic mass is 79.9. The molecule has 108 valence electrons. The van der Waals surface area contributed by atoms with Gasteiger partial charge >= 0.3 is 0 Å². The van der Waals surface area contributed by atoms with E-state index in [1.807, 2.05) is 0 Å². The van der Waals surface area contributed by atoms with E-state index in [0.717, 1.165) is 5.75 Å². The Labute approximate surface area is 129 Å². The Morgan fingerprint density at radius 1 is 1.29 bits per heavy atom. The van der Waals surface area contributed by atoms with Crippen LogP contribution in [0.5, 0.6) is 5.75 Å². The lowest BCUT2D eigenvalue weighted by molar-refractivity contribution is 0.0174. The number of rotatable bonds is 3. The third-order valence-electron chi connectivity index (χ3n) is 3.25. The maximum Gasteiger partial charge on any atom is 0.257 e. The Morgan fingerprint density at radius 3 is 2.67 bits per heavy atom. The first-order chi connectivity index (χ1) is 10.1. The summed E-state index contributed by atoms with van der Waals surface area (Å²) < 4.78 is 20.0. The third kappa shape index (κ3) is 3.05. The average Bonchev–Trinajstić information content (AvgIpc) is 2.43. The number of ether oxygens (including phenoxy) is 1. The zero-order chi connectivity index (χ0) is 14.8. The van der Waals surface area contributed by atoms with Crippen molar-refractivity contribution >= 4 is 21.8 Å². The fraction of sp³-hybridized carbons (Fsp3) is 0.200. The number of likely N-dealkylation sites (tertiary alicyclic amines) is 1.